The zero-order valence-electron chi connectivity index (χ0n) is 11.3. The fourth-order valence-corrected chi connectivity index (χ4v) is 1.68. The number of nitrogens with one attached hydrogen (secondary N) is 2. The van der Waals surface area contributed by atoms with E-state index in [4.69, 9.17) is 5.73 Å². The molecule has 0 bridgehead atoms. The Morgan fingerprint density at radius 1 is 0.909 bits per heavy atom. The standard InChI is InChI=1S/C14H12N4O4/c15-13(19)9-1-3-10(4-2-9)16-14(20)17-11-5-7-12(8-6-11)18(21)22/h1-8H,(H2,15,19)(H2,16,17,20). The van der Waals surface area contributed by atoms with Gasteiger partial charge in [-0.15, -0.1) is 0 Å². The molecule has 0 radical (unpaired) electrons. The molecule has 2 rings (SSSR count). The van der Waals surface area contributed by atoms with Crippen LogP contribution in [0, 0.1) is 10.1 Å². The Kier molecular flexibility index (Phi) is 4.33. The van der Waals surface area contributed by atoms with Gasteiger partial charge < -0.3 is 16.4 Å². The van der Waals surface area contributed by atoms with Crippen LogP contribution in [0.4, 0.5) is 21.9 Å². The predicted octanol–water partition coefficient (Wildman–Crippen LogP) is 2.34. The summed E-state index contributed by atoms with van der Waals surface area (Å²) in [6.45, 7) is 0. The van der Waals surface area contributed by atoms with Gasteiger partial charge >= 0.3 is 6.03 Å². The third-order valence-corrected chi connectivity index (χ3v) is 2.76. The molecule has 0 saturated carbocycles. The van der Waals surface area contributed by atoms with Crippen molar-refractivity contribution in [1.82, 2.24) is 0 Å². The van der Waals surface area contributed by atoms with Gasteiger partial charge in [0.15, 0.2) is 0 Å². The molecule has 0 heterocycles. The van der Waals surface area contributed by atoms with Crippen LogP contribution in [-0.4, -0.2) is 16.9 Å². The van der Waals surface area contributed by atoms with Crippen LogP contribution in [0.15, 0.2) is 48.5 Å². The molecule has 8 nitrogen and oxygen atoms in total. The summed E-state index contributed by atoms with van der Waals surface area (Å²) < 4.78 is 0. The number of hydrogen-bond acceptors (Lipinski definition) is 4. The number of non-ortho nitro benzene ring substituents is 1. The smallest absolute Gasteiger partial charge is 0.323 e. The second-order valence-electron chi connectivity index (χ2n) is 4.32. The summed E-state index contributed by atoms with van der Waals surface area (Å²) in [5.41, 5.74) is 6.28. The molecule has 0 saturated heterocycles. The first-order chi connectivity index (χ1) is 10.5. The maximum Gasteiger partial charge on any atom is 0.323 e. The summed E-state index contributed by atoms with van der Waals surface area (Å²) in [6, 6.07) is 11.0. The van der Waals surface area contributed by atoms with Crippen molar-refractivity contribution in [1.29, 1.82) is 0 Å². The molecule has 3 amide bonds. The molecule has 0 aliphatic rings. The highest BCUT2D eigenvalue weighted by molar-refractivity contribution is 6.00. The first-order valence-electron chi connectivity index (χ1n) is 6.18. The van der Waals surface area contributed by atoms with Gasteiger partial charge in [-0.25, -0.2) is 4.79 Å². The number of amides is 3. The minimum Gasteiger partial charge on any atom is -0.366 e. The van der Waals surface area contributed by atoms with Crippen LogP contribution in [0.3, 0.4) is 0 Å². The predicted molar refractivity (Wildman–Crippen MR) is 80.7 cm³/mol. The Morgan fingerprint density at radius 3 is 1.77 bits per heavy atom. The largest absolute Gasteiger partial charge is 0.366 e. The van der Waals surface area contributed by atoms with Crippen LogP contribution in [0.1, 0.15) is 10.4 Å². The molecule has 0 unspecified atom stereocenters. The molecule has 0 aliphatic heterocycles. The average molecular weight is 300 g/mol. The third-order valence-electron chi connectivity index (χ3n) is 2.76. The molecule has 4 N–H and O–H groups in total. The van der Waals surface area contributed by atoms with Gasteiger partial charge in [-0.2, -0.15) is 0 Å². The van der Waals surface area contributed by atoms with E-state index in [9.17, 15) is 19.7 Å². The van der Waals surface area contributed by atoms with Crippen molar-refractivity contribution in [3.63, 3.8) is 0 Å². The van der Waals surface area contributed by atoms with Crippen molar-refractivity contribution in [3.05, 3.63) is 64.2 Å². The number of carbonyl (C=O) groups is 2. The maximum atomic E-state index is 11.8. The summed E-state index contributed by atoms with van der Waals surface area (Å²) in [7, 11) is 0. The molecular formula is C14H12N4O4. The maximum absolute atomic E-state index is 11.8. The van der Waals surface area contributed by atoms with Gasteiger partial charge in [0, 0.05) is 29.1 Å². The highest BCUT2D eigenvalue weighted by atomic mass is 16.6. The number of primary amides is 1. The Labute approximate surface area is 125 Å². The molecule has 0 aliphatic carbocycles. The number of nitrogens with zero attached hydrogens (tertiary/aromatic N) is 1. The lowest BCUT2D eigenvalue weighted by molar-refractivity contribution is -0.384. The Bertz CT molecular complexity index is 649. The van der Waals surface area contributed by atoms with Crippen LogP contribution in [0.25, 0.3) is 0 Å². The zero-order valence-corrected chi connectivity index (χ0v) is 11.3. The van der Waals surface area contributed by atoms with Gasteiger partial charge in [0.1, 0.15) is 0 Å². The van der Waals surface area contributed by atoms with E-state index in [-0.39, 0.29) is 5.69 Å². The highest BCUT2D eigenvalue weighted by Gasteiger charge is 2.07. The van der Waals surface area contributed by atoms with Crippen molar-refractivity contribution >= 4 is 29.0 Å². The van der Waals surface area contributed by atoms with Gasteiger partial charge in [-0.05, 0) is 36.4 Å². The van der Waals surface area contributed by atoms with Crippen LogP contribution in [0.2, 0.25) is 0 Å². The number of urea groups is 1. The molecule has 8 heteroatoms. The molecule has 22 heavy (non-hydrogen) atoms. The second-order valence-corrected chi connectivity index (χ2v) is 4.32. The second kappa shape index (κ2) is 6.35. The van der Waals surface area contributed by atoms with Crippen molar-refractivity contribution < 1.29 is 14.5 Å². The van der Waals surface area contributed by atoms with E-state index in [1.165, 1.54) is 48.5 Å². The van der Waals surface area contributed by atoms with E-state index in [0.29, 0.717) is 16.9 Å². The molecule has 2 aromatic carbocycles. The van der Waals surface area contributed by atoms with Gasteiger partial charge in [-0.1, -0.05) is 0 Å². The lowest BCUT2D eigenvalue weighted by Crippen LogP contribution is -2.19. The SMILES string of the molecule is NC(=O)c1ccc(NC(=O)Nc2ccc([N+](=O)[O-])cc2)cc1. The summed E-state index contributed by atoms with van der Waals surface area (Å²) >= 11 is 0. The van der Waals surface area contributed by atoms with E-state index in [0.717, 1.165) is 0 Å². The highest BCUT2D eigenvalue weighted by Crippen LogP contribution is 2.16. The van der Waals surface area contributed by atoms with Crippen LogP contribution in [-0.2, 0) is 0 Å². The van der Waals surface area contributed by atoms with Crippen molar-refractivity contribution in [2.24, 2.45) is 5.73 Å². The van der Waals surface area contributed by atoms with Crippen LogP contribution < -0.4 is 16.4 Å². The molecule has 0 spiro atoms. The monoisotopic (exact) mass is 300 g/mol. The number of hydrogen-bond donors (Lipinski definition) is 3. The summed E-state index contributed by atoms with van der Waals surface area (Å²) in [4.78, 5) is 32.7. The number of nitro groups is 1. The van der Waals surface area contributed by atoms with E-state index in [1.807, 2.05) is 0 Å². The van der Waals surface area contributed by atoms with Crippen molar-refractivity contribution in [2.75, 3.05) is 10.6 Å². The molecule has 0 atom stereocenters. The number of nitro benzene ring substituents is 1. The van der Waals surface area contributed by atoms with Gasteiger partial charge in [0.05, 0.1) is 4.92 Å². The average Bonchev–Trinajstić information content (AvgIpc) is 2.48. The van der Waals surface area contributed by atoms with E-state index in [2.05, 4.69) is 10.6 Å². The number of rotatable bonds is 4. The molecule has 0 aromatic heterocycles. The number of benzene rings is 2. The molecule has 2 aromatic rings. The summed E-state index contributed by atoms with van der Waals surface area (Å²) in [6.07, 6.45) is 0. The molecule has 112 valence electrons. The van der Waals surface area contributed by atoms with Crippen LogP contribution >= 0.6 is 0 Å². The zero-order chi connectivity index (χ0) is 16.1. The minimum absolute atomic E-state index is 0.0620. The number of nitrogens with two attached hydrogens (primary N) is 1. The summed E-state index contributed by atoms with van der Waals surface area (Å²) in [5, 5.41) is 15.6. The first kappa shape index (κ1) is 15.0. The van der Waals surface area contributed by atoms with Crippen molar-refractivity contribution in [2.45, 2.75) is 0 Å². The normalized spacial score (nSPS) is 9.82. The van der Waals surface area contributed by atoms with Gasteiger partial charge in [0.25, 0.3) is 5.69 Å². The van der Waals surface area contributed by atoms with Gasteiger partial charge in [-0.3, -0.25) is 14.9 Å². The van der Waals surface area contributed by atoms with Gasteiger partial charge in [0.2, 0.25) is 5.91 Å². The van der Waals surface area contributed by atoms with E-state index >= 15 is 0 Å². The Balaban J connectivity index is 1.97. The fraction of sp³-hybridized carbons (Fsp3) is 0. The Hall–Kier alpha value is -3.42. The molecule has 0 fully saturated rings. The molecular weight excluding hydrogens is 288 g/mol. The van der Waals surface area contributed by atoms with Crippen LogP contribution in [0.5, 0.6) is 0 Å². The first-order valence-corrected chi connectivity index (χ1v) is 6.18. The minimum atomic E-state index is -0.554. The number of anilines is 2. The van der Waals surface area contributed by atoms with E-state index < -0.39 is 16.9 Å². The third kappa shape index (κ3) is 3.79. The fourth-order valence-electron chi connectivity index (χ4n) is 1.68. The summed E-state index contributed by atoms with van der Waals surface area (Å²) in [5.74, 6) is -0.554. The van der Waals surface area contributed by atoms with E-state index in [1.54, 1.807) is 0 Å². The lowest BCUT2D eigenvalue weighted by atomic mass is 10.2. The lowest BCUT2D eigenvalue weighted by Gasteiger charge is -2.07. The topological polar surface area (TPSA) is 127 Å². The quantitative estimate of drug-likeness (QED) is 0.591. The Morgan fingerprint density at radius 2 is 1.36 bits per heavy atom. The van der Waals surface area contributed by atoms with Crippen molar-refractivity contribution in [3.8, 4) is 0 Å². The number of carbonyl (C=O) groups excluding carboxylic acids is 2.